The second kappa shape index (κ2) is 12.3. The lowest BCUT2D eigenvalue weighted by molar-refractivity contribution is -0.143. The van der Waals surface area contributed by atoms with Crippen LogP contribution in [0.15, 0.2) is 36.5 Å². The number of hydrogen-bond donors (Lipinski definition) is 1. The summed E-state index contributed by atoms with van der Waals surface area (Å²) in [5.41, 5.74) is -0.301. The van der Waals surface area contributed by atoms with Crippen molar-refractivity contribution in [2.45, 2.75) is 37.4 Å². The zero-order valence-corrected chi connectivity index (χ0v) is 23.2. The summed E-state index contributed by atoms with van der Waals surface area (Å²) >= 11 is 12.4. The molecule has 2 saturated heterocycles. The number of aliphatic hydroxyl groups is 1. The second-order valence-corrected chi connectivity index (χ2v) is 10.9. The van der Waals surface area contributed by atoms with E-state index in [0.717, 1.165) is 17.7 Å². The van der Waals surface area contributed by atoms with E-state index in [9.17, 15) is 27.6 Å². The number of pyridine rings is 1. The number of alkyl halides is 3. The summed E-state index contributed by atoms with van der Waals surface area (Å²) in [6.07, 6.45) is -2.54. The van der Waals surface area contributed by atoms with Gasteiger partial charge in [0.25, 0.3) is 5.91 Å². The minimum absolute atomic E-state index is 0.0435. The number of piperidine rings is 2. The van der Waals surface area contributed by atoms with Gasteiger partial charge >= 0.3 is 6.18 Å². The molecular weight excluding hydrogens is 572 g/mol. The van der Waals surface area contributed by atoms with Crippen molar-refractivity contribution in [1.82, 2.24) is 19.7 Å². The fourth-order valence-corrected chi connectivity index (χ4v) is 5.73. The van der Waals surface area contributed by atoms with Crippen LogP contribution in [-0.4, -0.2) is 88.4 Å². The van der Waals surface area contributed by atoms with Gasteiger partial charge in [-0.15, -0.1) is 0 Å². The summed E-state index contributed by atoms with van der Waals surface area (Å²) < 4.78 is 38.9. The van der Waals surface area contributed by atoms with Gasteiger partial charge in [-0.05, 0) is 49.1 Å². The molecule has 40 heavy (non-hydrogen) atoms. The van der Waals surface area contributed by atoms with Gasteiger partial charge in [0.1, 0.15) is 12.3 Å². The van der Waals surface area contributed by atoms with Gasteiger partial charge in [-0.2, -0.15) is 13.2 Å². The second-order valence-electron chi connectivity index (χ2n) is 10.1. The van der Waals surface area contributed by atoms with Gasteiger partial charge in [0.2, 0.25) is 11.8 Å². The van der Waals surface area contributed by atoms with Crippen LogP contribution < -0.4 is 0 Å². The summed E-state index contributed by atoms with van der Waals surface area (Å²) in [4.78, 5) is 47.1. The van der Waals surface area contributed by atoms with Crippen LogP contribution in [-0.2, 0) is 15.8 Å². The van der Waals surface area contributed by atoms with E-state index < -0.39 is 30.3 Å². The summed E-state index contributed by atoms with van der Waals surface area (Å²) in [5, 5.41) is 9.78. The zero-order valence-electron chi connectivity index (χ0n) is 21.7. The van der Waals surface area contributed by atoms with E-state index in [0.29, 0.717) is 55.1 Å². The molecule has 2 fully saturated rings. The van der Waals surface area contributed by atoms with E-state index in [1.54, 1.807) is 35.0 Å². The van der Waals surface area contributed by atoms with Crippen LogP contribution in [0.1, 0.15) is 46.8 Å². The quantitative estimate of drug-likeness (QED) is 0.558. The lowest BCUT2D eigenvalue weighted by Gasteiger charge is -2.44. The van der Waals surface area contributed by atoms with Gasteiger partial charge in [0.05, 0.1) is 15.6 Å². The molecule has 0 bridgehead atoms. The zero-order chi connectivity index (χ0) is 29.2. The molecule has 1 N–H and O–H groups in total. The molecule has 2 atom stereocenters. The van der Waals surface area contributed by atoms with Gasteiger partial charge in [-0.3, -0.25) is 19.4 Å². The Morgan fingerprint density at radius 2 is 1.70 bits per heavy atom. The Balaban J connectivity index is 1.53. The number of aromatic nitrogens is 1. The maximum absolute atomic E-state index is 13.5. The molecule has 2 aliphatic rings. The molecule has 0 saturated carbocycles. The van der Waals surface area contributed by atoms with Crippen molar-refractivity contribution in [3.05, 3.63) is 63.4 Å². The third-order valence-corrected chi connectivity index (χ3v) is 8.46. The van der Waals surface area contributed by atoms with Gasteiger partial charge in [-0.25, -0.2) is 0 Å². The van der Waals surface area contributed by atoms with E-state index in [1.807, 2.05) is 0 Å². The third kappa shape index (κ3) is 6.53. The number of likely N-dealkylation sites (N-methyl/N-ethyl adjacent to an activating group) is 1. The van der Waals surface area contributed by atoms with Crippen LogP contribution in [0.2, 0.25) is 10.0 Å². The SMILES string of the molecule is CN(C(=O)c1ccc(C(F)(F)F)cn1)C1CCN(C(=O)C2CCN(C(=O)CO)CC2)C[C@H]1c1ccc(Cl)c(Cl)c1. The Labute approximate surface area is 239 Å². The normalized spacial score (nSPS) is 20.4. The number of amides is 3. The summed E-state index contributed by atoms with van der Waals surface area (Å²) in [7, 11) is 1.57. The fraction of sp³-hybridized carbons (Fsp3) is 0.481. The molecule has 0 spiro atoms. The molecule has 1 aromatic carbocycles. The Morgan fingerprint density at radius 1 is 1.02 bits per heavy atom. The molecule has 1 unspecified atom stereocenters. The average molecular weight is 601 g/mol. The van der Waals surface area contributed by atoms with Crippen molar-refractivity contribution in [3.8, 4) is 0 Å². The van der Waals surface area contributed by atoms with Crippen molar-refractivity contribution < 1.29 is 32.7 Å². The number of benzene rings is 1. The molecule has 0 aliphatic carbocycles. The summed E-state index contributed by atoms with van der Waals surface area (Å²) in [5.74, 6) is -1.57. The first-order valence-corrected chi connectivity index (χ1v) is 13.6. The number of halogens is 5. The molecule has 0 radical (unpaired) electrons. The molecule has 4 rings (SSSR count). The highest BCUT2D eigenvalue weighted by Gasteiger charge is 2.39. The molecule has 2 aromatic rings. The predicted molar refractivity (Wildman–Crippen MR) is 142 cm³/mol. The van der Waals surface area contributed by atoms with Crippen molar-refractivity contribution >= 4 is 40.9 Å². The van der Waals surface area contributed by atoms with Crippen LogP contribution in [0.3, 0.4) is 0 Å². The molecule has 3 heterocycles. The highest BCUT2D eigenvalue weighted by atomic mass is 35.5. The lowest BCUT2D eigenvalue weighted by Crippen LogP contribution is -2.54. The number of likely N-dealkylation sites (tertiary alicyclic amines) is 2. The number of rotatable bonds is 5. The molecule has 216 valence electrons. The minimum atomic E-state index is -4.57. The maximum atomic E-state index is 13.5. The minimum Gasteiger partial charge on any atom is -0.387 e. The van der Waals surface area contributed by atoms with E-state index in [-0.39, 0.29) is 35.9 Å². The molecule has 3 amide bonds. The third-order valence-electron chi connectivity index (χ3n) is 7.72. The predicted octanol–water partition coefficient (Wildman–Crippen LogP) is 4.09. The molecule has 2 aliphatic heterocycles. The van der Waals surface area contributed by atoms with E-state index in [4.69, 9.17) is 28.3 Å². The standard InChI is InChI=1S/C27H29Cl2F3N4O4/c1-34(26(40)22-5-3-18(13-33-22)27(30,31)32)23-8-11-36(14-19(23)17-2-4-20(28)21(29)12-17)25(39)16-6-9-35(10-7-16)24(38)15-37/h2-5,12-13,16,19,23,37H,6-11,14-15H2,1H3/t19-,23?/m0/s1. The van der Waals surface area contributed by atoms with E-state index >= 15 is 0 Å². The molecule has 8 nitrogen and oxygen atoms in total. The summed E-state index contributed by atoms with van der Waals surface area (Å²) in [6.45, 7) is 0.871. The molecular formula is C27H29Cl2F3N4O4. The van der Waals surface area contributed by atoms with Gasteiger partial charge < -0.3 is 19.8 Å². The largest absolute Gasteiger partial charge is 0.417 e. The average Bonchev–Trinajstić information content (AvgIpc) is 2.96. The molecule has 1 aromatic heterocycles. The van der Waals surface area contributed by atoms with Crippen LogP contribution in [0, 0.1) is 5.92 Å². The highest BCUT2D eigenvalue weighted by Crippen LogP contribution is 2.36. The fourth-order valence-electron chi connectivity index (χ4n) is 5.43. The Kier molecular flexibility index (Phi) is 9.26. The number of carbonyl (C=O) groups is 3. The lowest BCUT2D eigenvalue weighted by atomic mass is 9.84. The topological polar surface area (TPSA) is 94.1 Å². The Morgan fingerprint density at radius 3 is 2.27 bits per heavy atom. The Bertz CT molecular complexity index is 1250. The van der Waals surface area contributed by atoms with Crippen LogP contribution in [0.25, 0.3) is 0 Å². The molecule has 13 heteroatoms. The van der Waals surface area contributed by atoms with E-state index in [1.165, 1.54) is 4.90 Å². The Hall–Kier alpha value is -2.89. The maximum Gasteiger partial charge on any atom is 0.417 e. The number of aliphatic hydroxyl groups excluding tert-OH is 1. The first-order valence-electron chi connectivity index (χ1n) is 12.8. The van der Waals surface area contributed by atoms with Crippen LogP contribution in [0.5, 0.6) is 0 Å². The van der Waals surface area contributed by atoms with Gasteiger partial charge in [0, 0.05) is 57.3 Å². The number of carbonyl (C=O) groups excluding carboxylic acids is 3. The van der Waals surface area contributed by atoms with Gasteiger partial charge in [-0.1, -0.05) is 29.3 Å². The monoisotopic (exact) mass is 600 g/mol. The first-order chi connectivity index (χ1) is 18.9. The van der Waals surface area contributed by atoms with Crippen molar-refractivity contribution in [2.24, 2.45) is 5.92 Å². The van der Waals surface area contributed by atoms with Crippen molar-refractivity contribution in [3.63, 3.8) is 0 Å². The summed E-state index contributed by atoms with van der Waals surface area (Å²) in [6, 6.07) is 6.61. The van der Waals surface area contributed by atoms with E-state index in [2.05, 4.69) is 4.98 Å². The van der Waals surface area contributed by atoms with Crippen molar-refractivity contribution in [2.75, 3.05) is 39.8 Å². The number of hydrogen-bond acceptors (Lipinski definition) is 5. The van der Waals surface area contributed by atoms with Crippen molar-refractivity contribution in [1.29, 1.82) is 0 Å². The number of nitrogens with zero attached hydrogens (tertiary/aromatic N) is 4. The van der Waals surface area contributed by atoms with Gasteiger partial charge in [0.15, 0.2) is 0 Å². The van der Waals surface area contributed by atoms with Crippen LogP contribution in [0.4, 0.5) is 13.2 Å². The van der Waals surface area contributed by atoms with Crippen LogP contribution >= 0.6 is 23.2 Å². The smallest absolute Gasteiger partial charge is 0.387 e. The highest BCUT2D eigenvalue weighted by molar-refractivity contribution is 6.42. The first kappa shape index (κ1) is 30.1.